The topological polar surface area (TPSA) is 3.24 Å². The van der Waals surface area contributed by atoms with E-state index in [-0.39, 0.29) is 5.92 Å². The maximum atomic E-state index is 2.51. The summed E-state index contributed by atoms with van der Waals surface area (Å²) >= 11 is 0. The third-order valence-electron chi connectivity index (χ3n) is 13.2. The smallest absolute Gasteiger partial charge is 0.0557 e. The molecule has 3 aliphatic carbocycles. The number of anilines is 2. The molecule has 0 fully saturated rings. The van der Waals surface area contributed by atoms with E-state index in [2.05, 4.69) is 198 Å². The summed E-state index contributed by atoms with van der Waals surface area (Å²) in [5.41, 5.74) is 25.9. The Morgan fingerprint density at radius 2 is 1.36 bits per heavy atom. The van der Waals surface area contributed by atoms with E-state index in [9.17, 15) is 0 Å². The lowest BCUT2D eigenvalue weighted by molar-refractivity contribution is 0.651. The van der Waals surface area contributed by atoms with Crippen molar-refractivity contribution in [1.82, 2.24) is 0 Å². The highest BCUT2D eigenvalue weighted by molar-refractivity contribution is 6.04. The molecule has 0 spiro atoms. The minimum Gasteiger partial charge on any atom is -0.309 e. The van der Waals surface area contributed by atoms with Gasteiger partial charge >= 0.3 is 0 Å². The minimum atomic E-state index is 0.227. The molecule has 0 radical (unpaired) electrons. The zero-order chi connectivity index (χ0) is 38.2. The molecule has 56 heavy (non-hydrogen) atoms. The minimum absolute atomic E-state index is 0.227. The third-order valence-corrected chi connectivity index (χ3v) is 13.2. The van der Waals surface area contributed by atoms with Crippen LogP contribution in [0.4, 0.5) is 11.4 Å². The van der Waals surface area contributed by atoms with Gasteiger partial charge in [-0.15, -0.1) is 0 Å². The molecule has 4 atom stereocenters. The van der Waals surface area contributed by atoms with Gasteiger partial charge in [0.25, 0.3) is 0 Å². The molecule has 6 aromatic rings. The number of aryl methyl sites for hydroxylation is 2. The summed E-state index contributed by atoms with van der Waals surface area (Å²) in [4.78, 5) is 2.44. The summed E-state index contributed by atoms with van der Waals surface area (Å²) in [5, 5.41) is 0. The maximum absolute atomic E-state index is 2.51. The highest BCUT2D eigenvalue weighted by atomic mass is 15.2. The van der Waals surface area contributed by atoms with Crippen molar-refractivity contribution >= 4 is 22.6 Å². The Labute approximate surface area is 333 Å². The van der Waals surface area contributed by atoms with Gasteiger partial charge in [0.05, 0.1) is 11.4 Å². The third kappa shape index (κ3) is 5.43. The van der Waals surface area contributed by atoms with Gasteiger partial charge < -0.3 is 4.90 Å². The van der Waals surface area contributed by atoms with Gasteiger partial charge in [0.1, 0.15) is 0 Å². The van der Waals surface area contributed by atoms with E-state index in [0.717, 1.165) is 6.42 Å². The van der Waals surface area contributed by atoms with E-state index in [4.69, 9.17) is 0 Å². The van der Waals surface area contributed by atoms with Crippen molar-refractivity contribution < 1.29 is 0 Å². The van der Waals surface area contributed by atoms with Crippen molar-refractivity contribution in [2.24, 2.45) is 5.92 Å². The van der Waals surface area contributed by atoms with Crippen LogP contribution in [0.25, 0.3) is 33.5 Å². The average molecular weight is 724 g/mol. The molecule has 0 amide bonds. The quantitative estimate of drug-likeness (QED) is 0.165. The molecule has 1 aliphatic heterocycles. The second-order valence-corrected chi connectivity index (χ2v) is 16.7. The molecule has 4 aliphatic rings. The first-order valence-electron chi connectivity index (χ1n) is 20.5. The van der Waals surface area contributed by atoms with Crippen molar-refractivity contribution in [1.29, 1.82) is 0 Å². The monoisotopic (exact) mass is 723 g/mol. The highest BCUT2D eigenvalue weighted by Gasteiger charge is 2.38. The van der Waals surface area contributed by atoms with E-state index in [1.807, 2.05) is 0 Å². The summed E-state index contributed by atoms with van der Waals surface area (Å²) in [6.45, 7) is 13.5. The zero-order valence-corrected chi connectivity index (χ0v) is 33.4. The van der Waals surface area contributed by atoms with Gasteiger partial charge in [-0.3, -0.25) is 0 Å². The number of hydrogen-bond donors (Lipinski definition) is 0. The summed E-state index contributed by atoms with van der Waals surface area (Å²) in [5.74, 6) is 1.40. The fourth-order valence-corrected chi connectivity index (χ4v) is 10.3. The largest absolute Gasteiger partial charge is 0.309 e. The zero-order valence-electron chi connectivity index (χ0n) is 33.4. The lowest BCUT2D eigenvalue weighted by Crippen LogP contribution is -2.27. The lowest BCUT2D eigenvalue weighted by atomic mass is 9.68. The summed E-state index contributed by atoms with van der Waals surface area (Å²) in [6.07, 6.45) is 10.4. The molecule has 0 saturated carbocycles. The number of hydrogen-bond acceptors (Lipinski definition) is 1. The van der Waals surface area contributed by atoms with Crippen LogP contribution in [0.3, 0.4) is 0 Å². The van der Waals surface area contributed by atoms with Crippen LogP contribution in [0.1, 0.15) is 95.5 Å². The van der Waals surface area contributed by atoms with Crippen molar-refractivity contribution in [3.8, 4) is 22.3 Å². The molecule has 274 valence electrons. The molecule has 0 aromatic heterocycles. The van der Waals surface area contributed by atoms with Gasteiger partial charge in [-0.1, -0.05) is 146 Å². The first-order valence-corrected chi connectivity index (χ1v) is 20.5. The molecule has 1 heterocycles. The van der Waals surface area contributed by atoms with Gasteiger partial charge in [-0.2, -0.15) is 0 Å². The van der Waals surface area contributed by atoms with Crippen LogP contribution in [-0.4, -0.2) is 0 Å². The van der Waals surface area contributed by atoms with Gasteiger partial charge in [-0.05, 0) is 149 Å². The van der Waals surface area contributed by atoms with E-state index in [0.29, 0.717) is 17.8 Å². The normalized spacial score (nSPS) is 21.1. The Morgan fingerprint density at radius 3 is 2.14 bits per heavy atom. The van der Waals surface area contributed by atoms with E-state index >= 15 is 0 Å². The fraction of sp³-hybridized carbons (Fsp3) is 0.200. The Hall–Kier alpha value is -5.92. The van der Waals surface area contributed by atoms with Crippen molar-refractivity contribution in [3.05, 3.63) is 213 Å². The van der Waals surface area contributed by atoms with Crippen molar-refractivity contribution in [3.63, 3.8) is 0 Å². The Balaban J connectivity index is 1.04. The van der Waals surface area contributed by atoms with Crippen LogP contribution in [0.2, 0.25) is 0 Å². The maximum Gasteiger partial charge on any atom is 0.0557 e. The van der Waals surface area contributed by atoms with Crippen LogP contribution in [0.15, 0.2) is 163 Å². The number of rotatable bonds is 6. The average Bonchev–Trinajstić information content (AvgIpc) is 3.75. The lowest BCUT2D eigenvalue weighted by Gasteiger charge is -2.41. The second kappa shape index (κ2) is 13.4. The van der Waals surface area contributed by atoms with Crippen LogP contribution < -0.4 is 4.90 Å². The Bertz CT molecular complexity index is 2700. The first kappa shape index (κ1) is 34.6. The molecule has 4 unspecified atom stereocenters. The van der Waals surface area contributed by atoms with Gasteiger partial charge in [0.2, 0.25) is 0 Å². The van der Waals surface area contributed by atoms with Gasteiger partial charge in [0, 0.05) is 23.1 Å². The Morgan fingerprint density at radius 1 is 0.643 bits per heavy atom. The molecular formula is C55H49N. The van der Waals surface area contributed by atoms with E-state index in [1.165, 1.54) is 101 Å². The van der Waals surface area contributed by atoms with Crippen LogP contribution in [-0.2, 0) is 6.42 Å². The van der Waals surface area contributed by atoms with Gasteiger partial charge in [-0.25, -0.2) is 0 Å². The van der Waals surface area contributed by atoms with Crippen LogP contribution >= 0.6 is 0 Å². The van der Waals surface area contributed by atoms with E-state index in [1.54, 1.807) is 5.57 Å². The fourth-order valence-electron chi connectivity index (χ4n) is 10.3. The first-order chi connectivity index (χ1) is 27.3. The number of allylic oxidation sites excluding steroid dienone is 7. The molecule has 0 bridgehead atoms. The number of nitrogens with zero attached hydrogens (tertiary/aromatic N) is 1. The molecule has 10 rings (SSSR count). The summed E-state index contributed by atoms with van der Waals surface area (Å²) in [7, 11) is 0. The second-order valence-electron chi connectivity index (χ2n) is 16.7. The SMILES string of the molecule is C/C=C(C)\C=C1\c2cc(C)ccc2N1c1ccc2c(c1)-c1ccccc1C(c1ccccc1-c1ccc3c(c1)C1=C(C(C)C=C1)C3Cc1ccc(C)cc1)C2C. The number of fused-ring (bicyclic) bond motifs is 6. The van der Waals surface area contributed by atoms with Crippen LogP contribution in [0.5, 0.6) is 0 Å². The molecule has 6 aromatic carbocycles. The summed E-state index contributed by atoms with van der Waals surface area (Å²) in [6, 6.07) is 48.9. The van der Waals surface area contributed by atoms with Gasteiger partial charge in [0.15, 0.2) is 0 Å². The van der Waals surface area contributed by atoms with Crippen LogP contribution in [0, 0.1) is 19.8 Å². The molecular weight excluding hydrogens is 675 g/mol. The van der Waals surface area contributed by atoms with E-state index < -0.39 is 0 Å². The molecule has 1 heteroatoms. The predicted molar refractivity (Wildman–Crippen MR) is 238 cm³/mol. The van der Waals surface area contributed by atoms with Crippen molar-refractivity contribution in [2.45, 2.75) is 65.7 Å². The Kier molecular flexibility index (Phi) is 8.26. The highest BCUT2D eigenvalue weighted by Crippen LogP contribution is 2.56. The summed E-state index contributed by atoms with van der Waals surface area (Å²) < 4.78 is 0. The number of benzene rings is 6. The standard InChI is InChI=1S/C55H49N/c1-7-33(2)29-53-51-28-35(4)18-27-52(51)56(53)40-23-26-41-37(6)55(46-15-11-9-13-43(46)49(41)32-40)45-14-10-8-12-42(45)39-22-25-44-48(31-39)47-24-19-36(5)54(47)50(44)30-38-20-16-34(3)17-21-38/h7-29,31-32,36-37,50,55H,30H2,1-6H3/b33-7-,53-29-. The molecule has 0 N–H and O–H groups in total. The molecule has 1 nitrogen and oxygen atoms in total. The predicted octanol–water partition coefficient (Wildman–Crippen LogP) is 14.6. The molecule has 0 saturated heterocycles. The van der Waals surface area contributed by atoms with Crippen molar-refractivity contribution in [2.75, 3.05) is 4.90 Å².